The van der Waals surface area contributed by atoms with E-state index in [2.05, 4.69) is 0 Å². The third-order valence-electron chi connectivity index (χ3n) is 2.28. The second-order valence-electron chi connectivity index (χ2n) is 4.75. The normalized spacial score (nSPS) is 18.2. The molecule has 1 aliphatic heterocycles. The molecule has 0 aromatic heterocycles. The van der Waals surface area contributed by atoms with Gasteiger partial charge in [-0.05, 0) is 40.5 Å². The van der Waals surface area contributed by atoms with E-state index in [1.807, 2.05) is 0 Å². The molecule has 0 bridgehead atoms. The zero-order valence-corrected chi connectivity index (χ0v) is 11.9. The van der Waals surface area contributed by atoms with E-state index in [9.17, 15) is 9.36 Å². The number of carbonyl (C=O) groups excluding carboxylic acids is 1. The van der Waals surface area contributed by atoms with Crippen molar-refractivity contribution in [2.75, 3.05) is 6.54 Å². The van der Waals surface area contributed by atoms with Crippen LogP contribution in [-0.4, -0.2) is 29.3 Å². The van der Waals surface area contributed by atoms with Gasteiger partial charge in [0, 0.05) is 13.0 Å². The summed E-state index contributed by atoms with van der Waals surface area (Å²) in [6.45, 7) is 7.58. The molecule has 1 rings (SSSR count). The summed E-state index contributed by atoms with van der Waals surface area (Å²) in [5.41, 5.74) is 0. The highest BCUT2D eigenvalue weighted by Crippen LogP contribution is 2.55. The molecule has 1 aliphatic rings. The zero-order valence-electron chi connectivity index (χ0n) is 11.0. The van der Waals surface area contributed by atoms with Crippen LogP contribution in [0.15, 0.2) is 0 Å². The molecule has 0 radical (unpaired) electrons. The van der Waals surface area contributed by atoms with Gasteiger partial charge >= 0.3 is 7.75 Å². The molecular weight excluding hydrogens is 241 g/mol. The molecule has 0 N–H and O–H groups in total. The summed E-state index contributed by atoms with van der Waals surface area (Å²) in [4.78, 5) is 11.8. The highest BCUT2D eigenvalue weighted by molar-refractivity contribution is 7.52. The molecule has 1 amide bonds. The quantitative estimate of drug-likeness (QED) is 0.715. The van der Waals surface area contributed by atoms with E-state index in [4.69, 9.17) is 9.05 Å². The van der Waals surface area contributed by atoms with Crippen LogP contribution in [0.3, 0.4) is 0 Å². The van der Waals surface area contributed by atoms with E-state index in [1.165, 1.54) is 4.67 Å². The first-order valence-corrected chi connectivity index (χ1v) is 7.62. The van der Waals surface area contributed by atoms with E-state index in [0.29, 0.717) is 13.0 Å². The molecule has 0 spiro atoms. The third-order valence-corrected chi connectivity index (χ3v) is 4.67. The number of hydrogen-bond acceptors (Lipinski definition) is 4. The lowest BCUT2D eigenvalue weighted by Gasteiger charge is -2.34. The van der Waals surface area contributed by atoms with Crippen molar-refractivity contribution < 1.29 is 18.4 Å². The Hall–Kier alpha value is -0.380. The van der Waals surface area contributed by atoms with Crippen molar-refractivity contribution in [1.82, 2.24) is 4.67 Å². The van der Waals surface area contributed by atoms with Crippen LogP contribution < -0.4 is 0 Å². The summed E-state index contributed by atoms with van der Waals surface area (Å²) < 4.78 is 24.7. The standard InChI is InChI=1S/C11H22NO4P/c1-9(2)15-17(14,16-10(3)4)12-8-6-5-7-11(12)13/h9-10H,5-8H2,1-4H3. The van der Waals surface area contributed by atoms with E-state index in [-0.39, 0.29) is 18.1 Å². The van der Waals surface area contributed by atoms with Gasteiger partial charge in [-0.3, -0.25) is 13.8 Å². The molecule has 0 saturated carbocycles. The van der Waals surface area contributed by atoms with Crippen molar-refractivity contribution >= 4 is 13.7 Å². The molecule has 0 aromatic rings. The molecule has 17 heavy (non-hydrogen) atoms. The molecule has 1 saturated heterocycles. The van der Waals surface area contributed by atoms with Crippen molar-refractivity contribution in [1.29, 1.82) is 0 Å². The van der Waals surface area contributed by atoms with Crippen LogP contribution in [0.1, 0.15) is 47.0 Å². The lowest BCUT2D eigenvalue weighted by Crippen LogP contribution is -2.35. The van der Waals surface area contributed by atoms with E-state index < -0.39 is 7.75 Å². The number of piperidine rings is 1. The predicted octanol–water partition coefficient (Wildman–Crippen LogP) is 2.96. The first-order chi connectivity index (χ1) is 7.85. The number of carbonyl (C=O) groups is 1. The van der Waals surface area contributed by atoms with Crippen molar-refractivity contribution in [3.63, 3.8) is 0 Å². The van der Waals surface area contributed by atoms with Gasteiger partial charge in [0.05, 0.1) is 12.2 Å². The largest absolute Gasteiger partial charge is 0.437 e. The van der Waals surface area contributed by atoms with Crippen molar-refractivity contribution in [3.8, 4) is 0 Å². The second-order valence-corrected chi connectivity index (χ2v) is 6.59. The Labute approximate surface area is 103 Å². The first kappa shape index (κ1) is 14.7. The van der Waals surface area contributed by atoms with Gasteiger partial charge in [0.2, 0.25) is 5.91 Å². The van der Waals surface area contributed by atoms with Crippen LogP contribution >= 0.6 is 7.75 Å². The van der Waals surface area contributed by atoms with Gasteiger partial charge < -0.3 is 0 Å². The minimum Gasteiger partial charge on any atom is -0.289 e. The highest BCUT2D eigenvalue weighted by Gasteiger charge is 2.40. The van der Waals surface area contributed by atoms with Crippen LogP contribution in [0.4, 0.5) is 0 Å². The fourth-order valence-corrected chi connectivity index (χ4v) is 3.82. The molecule has 100 valence electrons. The summed E-state index contributed by atoms with van der Waals surface area (Å²) >= 11 is 0. The van der Waals surface area contributed by atoms with Crippen LogP contribution in [0, 0.1) is 0 Å². The predicted molar refractivity (Wildman–Crippen MR) is 65.6 cm³/mol. The molecule has 1 heterocycles. The van der Waals surface area contributed by atoms with Crippen molar-refractivity contribution in [2.45, 2.75) is 59.2 Å². The van der Waals surface area contributed by atoms with Gasteiger partial charge in [-0.25, -0.2) is 9.24 Å². The second kappa shape index (κ2) is 5.98. The Balaban J connectivity index is 2.87. The van der Waals surface area contributed by atoms with E-state index >= 15 is 0 Å². The van der Waals surface area contributed by atoms with Crippen LogP contribution in [0.2, 0.25) is 0 Å². The molecule has 5 nitrogen and oxygen atoms in total. The van der Waals surface area contributed by atoms with Crippen LogP contribution in [0.25, 0.3) is 0 Å². The van der Waals surface area contributed by atoms with Gasteiger partial charge in [0.25, 0.3) is 0 Å². The fraction of sp³-hybridized carbons (Fsp3) is 0.909. The zero-order chi connectivity index (χ0) is 13.1. The molecule has 0 aliphatic carbocycles. The lowest BCUT2D eigenvalue weighted by atomic mass is 10.2. The number of hydrogen-bond donors (Lipinski definition) is 0. The van der Waals surface area contributed by atoms with Gasteiger partial charge in [0.15, 0.2) is 0 Å². The molecule has 0 atom stereocenters. The average Bonchev–Trinajstić information content (AvgIpc) is 2.15. The number of nitrogens with zero attached hydrogens (tertiary/aromatic N) is 1. The summed E-state index contributed by atoms with van der Waals surface area (Å²) in [5.74, 6) is -0.138. The summed E-state index contributed by atoms with van der Waals surface area (Å²) in [5, 5.41) is 0. The monoisotopic (exact) mass is 263 g/mol. The average molecular weight is 263 g/mol. The van der Waals surface area contributed by atoms with Gasteiger partial charge in [0.1, 0.15) is 0 Å². The smallest absolute Gasteiger partial charge is 0.289 e. The maximum Gasteiger partial charge on any atom is 0.437 e. The van der Waals surface area contributed by atoms with Gasteiger partial charge in [-0.15, -0.1) is 0 Å². The van der Waals surface area contributed by atoms with Gasteiger partial charge in [-0.2, -0.15) is 0 Å². The maximum absolute atomic E-state index is 12.7. The maximum atomic E-state index is 12.7. The molecular formula is C11H22NO4P. The minimum absolute atomic E-state index is 0.138. The van der Waals surface area contributed by atoms with E-state index in [0.717, 1.165) is 12.8 Å². The molecule has 0 aromatic carbocycles. The highest BCUT2D eigenvalue weighted by atomic mass is 31.2. The molecule has 1 fully saturated rings. The SMILES string of the molecule is CC(C)OP(=O)(OC(C)C)N1CCCCC1=O. The Bertz CT molecular complexity index is 303. The minimum atomic E-state index is -3.48. The molecule has 6 heteroatoms. The van der Waals surface area contributed by atoms with Crippen LogP contribution in [0.5, 0.6) is 0 Å². The fourth-order valence-electron chi connectivity index (χ4n) is 1.72. The lowest BCUT2D eigenvalue weighted by molar-refractivity contribution is -0.129. The third kappa shape index (κ3) is 4.09. The first-order valence-electron chi connectivity index (χ1n) is 6.13. The van der Waals surface area contributed by atoms with E-state index in [1.54, 1.807) is 27.7 Å². The summed E-state index contributed by atoms with van der Waals surface area (Å²) in [6, 6.07) is 0. The Morgan fingerprint density at radius 1 is 1.12 bits per heavy atom. The van der Waals surface area contributed by atoms with Crippen molar-refractivity contribution in [3.05, 3.63) is 0 Å². The van der Waals surface area contributed by atoms with Gasteiger partial charge in [-0.1, -0.05) is 0 Å². The van der Waals surface area contributed by atoms with Crippen molar-refractivity contribution in [2.24, 2.45) is 0 Å². The summed E-state index contributed by atoms with van der Waals surface area (Å²) in [7, 11) is -3.48. The topological polar surface area (TPSA) is 55.8 Å². The summed E-state index contributed by atoms with van der Waals surface area (Å²) in [6.07, 6.45) is 1.63. The number of amides is 1. The molecule has 0 unspecified atom stereocenters. The Kier molecular flexibility index (Phi) is 5.17. The Morgan fingerprint density at radius 3 is 2.06 bits per heavy atom. The Morgan fingerprint density at radius 2 is 1.65 bits per heavy atom. The van der Waals surface area contributed by atoms with Crippen LogP contribution in [-0.2, 0) is 18.4 Å². The number of rotatable bonds is 5.